The Hall–Kier alpha value is -2.37. The largest absolute Gasteiger partial charge is 0.478 e. The second-order valence-corrected chi connectivity index (χ2v) is 4.69. The molecule has 3 rings (SSSR count). The van der Waals surface area contributed by atoms with E-state index in [1.54, 1.807) is 35.0 Å². The molecule has 0 aliphatic carbocycles. The molecule has 0 bridgehead atoms. The molecule has 2 heterocycles. The number of nitrogens with zero attached hydrogens (tertiary/aromatic N) is 3. The minimum absolute atomic E-state index is 0.000471. The number of amides is 1. The number of aromatic nitrogens is 2. The number of para-hydroxylation sites is 1. The Balaban J connectivity index is 2.20. The Kier molecular flexibility index (Phi) is 2.51. The first-order valence-corrected chi connectivity index (χ1v) is 6.03. The summed E-state index contributed by atoms with van der Waals surface area (Å²) in [6, 6.07) is 4.59. The molecule has 0 saturated carbocycles. The van der Waals surface area contributed by atoms with Crippen LogP contribution in [0.3, 0.4) is 0 Å². The van der Waals surface area contributed by atoms with Gasteiger partial charge in [0, 0.05) is 13.6 Å². The van der Waals surface area contributed by atoms with E-state index in [4.69, 9.17) is 0 Å². The van der Waals surface area contributed by atoms with Crippen LogP contribution in [0, 0.1) is 0 Å². The highest BCUT2D eigenvalue weighted by molar-refractivity contribution is 6.01. The van der Waals surface area contributed by atoms with E-state index < -0.39 is 5.97 Å². The average Bonchev–Trinajstić information content (AvgIpc) is 2.94. The van der Waals surface area contributed by atoms with Crippen molar-refractivity contribution in [3.05, 3.63) is 30.1 Å². The minimum atomic E-state index is -1.01. The molecule has 1 unspecified atom stereocenters. The fourth-order valence-corrected chi connectivity index (χ4v) is 2.56. The molecule has 19 heavy (non-hydrogen) atoms. The molecule has 1 aromatic carbocycles. The van der Waals surface area contributed by atoms with Crippen LogP contribution in [0.1, 0.15) is 22.8 Å². The van der Waals surface area contributed by atoms with Gasteiger partial charge in [0.2, 0.25) is 5.91 Å². The third-order valence-electron chi connectivity index (χ3n) is 3.56. The van der Waals surface area contributed by atoms with E-state index in [0.29, 0.717) is 24.0 Å². The lowest BCUT2D eigenvalue weighted by Gasteiger charge is -2.13. The highest BCUT2D eigenvalue weighted by Gasteiger charge is 2.32. The van der Waals surface area contributed by atoms with Gasteiger partial charge < -0.3 is 14.6 Å². The maximum atomic E-state index is 12.1. The Morgan fingerprint density at radius 1 is 1.47 bits per heavy atom. The van der Waals surface area contributed by atoms with Crippen LogP contribution in [0.25, 0.3) is 11.0 Å². The van der Waals surface area contributed by atoms with E-state index in [2.05, 4.69) is 4.98 Å². The molecular weight excluding hydrogens is 246 g/mol. The van der Waals surface area contributed by atoms with Crippen LogP contribution in [0.4, 0.5) is 0 Å². The van der Waals surface area contributed by atoms with Crippen LogP contribution < -0.4 is 0 Å². The summed E-state index contributed by atoms with van der Waals surface area (Å²) in [5.74, 6) is -1.01. The van der Waals surface area contributed by atoms with Crippen molar-refractivity contribution in [1.29, 1.82) is 0 Å². The average molecular weight is 259 g/mol. The first-order chi connectivity index (χ1) is 9.09. The summed E-state index contributed by atoms with van der Waals surface area (Å²) >= 11 is 0. The molecule has 1 aromatic heterocycles. The number of likely N-dealkylation sites (tertiary alicyclic amines) is 1. The Morgan fingerprint density at radius 3 is 2.89 bits per heavy atom. The van der Waals surface area contributed by atoms with Gasteiger partial charge in [-0.05, 0) is 18.6 Å². The van der Waals surface area contributed by atoms with Gasteiger partial charge in [0.15, 0.2) is 0 Å². The summed E-state index contributed by atoms with van der Waals surface area (Å²) in [6.07, 6.45) is 2.23. The molecule has 1 aliphatic rings. The first kappa shape index (κ1) is 11.7. The molecular formula is C13H13N3O3. The van der Waals surface area contributed by atoms with Gasteiger partial charge in [0.05, 0.1) is 22.9 Å². The summed E-state index contributed by atoms with van der Waals surface area (Å²) in [7, 11) is 1.75. The summed E-state index contributed by atoms with van der Waals surface area (Å²) in [5, 5.41) is 9.25. The van der Waals surface area contributed by atoms with Crippen LogP contribution >= 0.6 is 0 Å². The van der Waals surface area contributed by atoms with E-state index in [9.17, 15) is 14.7 Å². The lowest BCUT2D eigenvalue weighted by molar-refractivity contribution is -0.129. The molecule has 1 fully saturated rings. The molecule has 1 saturated heterocycles. The summed E-state index contributed by atoms with van der Waals surface area (Å²) in [4.78, 5) is 29.2. The number of hydrogen-bond donors (Lipinski definition) is 1. The van der Waals surface area contributed by atoms with Gasteiger partial charge in [-0.15, -0.1) is 0 Å². The maximum absolute atomic E-state index is 12.1. The predicted molar refractivity (Wildman–Crippen MR) is 68.0 cm³/mol. The van der Waals surface area contributed by atoms with Gasteiger partial charge in [-0.25, -0.2) is 9.78 Å². The van der Waals surface area contributed by atoms with E-state index in [0.717, 1.165) is 0 Å². The van der Waals surface area contributed by atoms with E-state index in [1.165, 1.54) is 6.07 Å². The van der Waals surface area contributed by atoms with Crippen molar-refractivity contribution in [2.45, 2.75) is 12.5 Å². The minimum Gasteiger partial charge on any atom is -0.478 e. The molecule has 1 aliphatic heterocycles. The number of benzene rings is 1. The molecule has 0 spiro atoms. The van der Waals surface area contributed by atoms with Gasteiger partial charge >= 0.3 is 5.97 Å². The molecule has 98 valence electrons. The predicted octanol–water partition coefficient (Wildman–Crippen LogP) is 1.14. The number of imidazole rings is 1. The van der Waals surface area contributed by atoms with Crippen LogP contribution in [0.5, 0.6) is 0 Å². The Bertz CT molecular complexity index is 677. The third kappa shape index (κ3) is 1.68. The fourth-order valence-electron chi connectivity index (χ4n) is 2.56. The van der Waals surface area contributed by atoms with Crippen molar-refractivity contribution >= 4 is 22.9 Å². The molecule has 1 atom stereocenters. The van der Waals surface area contributed by atoms with Crippen molar-refractivity contribution < 1.29 is 14.7 Å². The number of carbonyl (C=O) groups excluding carboxylic acids is 1. The van der Waals surface area contributed by atoms with Crippen molar-refractivity contribution in [2.75, 3.05) is 13.6 Å². The number of rotatable bonds is 2. The summed E-state index contributed by atoms with van der Waals surface area (Å²) < 4.78 is 1.69. The number of fused-ring (bicyclic) bond motifs is 1. The topological polar surface area (TPSA) is 75.4 Å². The van der Waals surface area contributed by atoms with Crippen molar-refractivity contribution in [3.8, 4) is 0 Å². The van der Waals surface area contributed by atoms with Gasteiger partial charge in [-0.2, -0.15) is 0 Å². The standard InChI is InChI=1S/C13H13N3O3/c1-15-6-5-10(12(15)17)16-7-14-9-4-2-3-8(11(9)16)13(18)19/h2-4,7,10H,5-6H2,1H3,(H,18,19). The van der Waals surface area contributed by atoms with Crippen molar-refractivity contribution in [2.24, 2.45) is 0 Å². The van der Waals surface area contributed by atoms with Gasteiger partial charge in [0.25, 0.3) is 0 Å². The number of aromatic carboxylic acids is 1. The zero-order chi connectivity index (χ0) is 13.6. The van der Waals surface area contributed by atoms with Crippen molar-refractivity contribution in [3.63, 3.8) is 0 Å². The molecule has 6 heteroatoms. The van der Waals surface area contributed by atoms with Crippen LogP contribution in [-0.2, 0) is 4.79 Å². The maximum Gasteiger partial charge on any atom is 0.337 e. The Labute approximate surface area is 109 Å². The molecule has 2 aromatic rings. The van der Waals surface area contributed by atoms with Crippen LogP contribution in [0.2, 0.25) is 0 Å². The highest BCUT2D eigenvalue weighted by Crippen LogP contribution is 2.28. The van der Waals surface area contributed by atoms with E-state index >= 15 is 0 Å². The number of hydrogen-bond acceptors (Lipinski definition) is 3. The quantitative estimate of drug-likeness (QED) is 0.877. The lowest BCUT2D eigenvalue weighted by Crippen LogP contribution is -2.24. The fraction of sp³-hybridized carbons (Fsp3) is 0.308. The second kappa shape index (κ2) is 4.08. The molecule has 1 amide bonds. The van der Waals surface area contributed by atoms with E-state index in [-0.39, 0.29) is 17.5 Å². The smallest absolute Gasteiger partial charge is 0.337 e. The first-order valence-electron chi connectivity index (χ1n) is 6.03. The summed E-state index contributed by atoms with van der Waals surface area (Å²) in [6.45, 7) is 0.679. The number of carboxylic acids is 1. The molecule has 6 nitrogen and oxygen atoms in total. The summed E-state index contributed by atoms with van der Waals surface area (Å²) in [5.41, 5.74) is 1.29. The monoisotopic (exact) mass is 259 g/mol. The normalized spacial score (nSPS) is 19.3. The van der Waals surface area contributed by atoms with Crippen LogP contribution in [0.15, 0.2) is 24.5 Å². The Morgan fingerprint density at radius 2 is 2.26 bits per heavy atom. The SMILES string of the molecule is CN1CCC(n2cnc3cccc(C(=O)O)c32)C1=O. The zero-order valence-corrected chi connectivity index (χ0v) is 10.4. The van der Waals surface area contributed by atoms with Crippen molar-refractivity contribution in [1.82, 2.24) is 14.5 Å². The molecule has 0 radical (unpaired) electrons. The van der Waals surface area contributed by atoms with E-state index in [1.807, 2.05) is 0 Å². The molecule has 1 N–H and O–H groups in total. The van der Waals surface area contributed by atoms with Crippen LogP contribution in [-0.4, -0.2) is 45.0 Å². The third-order valence-corrected chi connectivity index (χ3v) is 3.56. The zero-order valence-electron chi connectivity index (χ0n) is 10.4. The number of likely N-dealkylation sites (N-methyl/N-ethyl adjacent to an activating group) is 1. The number of carbonyl (C=O) groups is 2. The highest BCUT2D eigenvalue weighted by atomic mass is 16.4. The second-order valence-electron chi connectivity index (χ2n) is 4.69. The van der Waals surface area contributed by atoms with Gasteiger partial charge in [-0.1, -0.05) is 6.07 Å². The van der Waals surface area contributed by atoms with Gasteiger partial charge in [-0.3, -0.25) is 4.79 Å². The lowest BCUT2D eigenvalue weighted by atomic mass is 10.1. The number of carboxylic acid groups (broad SMARTS) is 1. The van der Waals surface area contributed by atoms with Gasteiger partial charge in [0.1, 0.15) is 6.04 Å².